The van der Waals surface area contributed by atoms with Gasteiger partial charge in [0.15, 0.2) is 0 Å². The summed E-state index contributed by atoms with van der Waals surface area (Å²) in [4.78, 5) is 4.58. The average molecular weight is 340 g/mol. The molecule has 0 fully saturated rings. The van der Waals surface area contributed by atoms with Gasteiger partial charge in [-0.1, -0.05) is 29.8 Å². The molecule has 0 saturated carbocycles. The third-order valence-electron chi connectivity index (χ3n) is 4.16. The van der Waals surface area contributed by atoms with Crippen molar-refractivity contribution in [1.29, 1.82) is 0 Å². The molecule has 0 spiro atoms. The molecule has 5 heteroatoms. The van der Waals surface area contributed by atoms with Gasteiger partial charge in [-0.15, -0.1) is 0 Å². The average Bonchev–Trinajstić information content (AvgIpc) is 2.92. The minimum absolute atomic E-state index is 0.225. The van der Waals surface area contributed by atoms with Gasteiger partial charge in [0.25, 0.3) is 0 Å². The van der Waals surface area contributed by atoms with Crippen LogP contribution in [0.2, 0.25) is 0 Å². The summed E-state index contributed by atoms with van der Waals surface area (Å²) in [5.41, 5.74) is 4.15. The number of fused-ring (bicyclic) bond motifs is 1. The Labute approximate surface area is 147 Å². The highest BCUT2D eigenvalue weighted by atomic mass is 16.5. The zero-order valence-corrected chi connectivity index (χ0v) is 14.9. The summed E-state index contributed by atoms with van der Waals surface area (Å²) in [5.74, 6) is 1.60. The topological polar surface area (TPSA) is 56.5 Å². The van der Waals surface area contributed by atoms with Gasteiger partial charge >= 0.3 is 0 Å². The van der Waals surface area contributed by atoms with Gasteiger partial charge in [-0.25, -0.2) is 4.98 Å². The maximum Gasteiger partial charge on any atom is 0.136 e. The number of aliphatic hydroxyl groups excluding tert-OH is 1. The molecular formula is C20H24N2O3. The Balaban J connectivity index is 1.73. The van der Waals surface area contributed by atoms with Gasteiger partial charge in [0.05, 0.1) is 17.6 Å². The largest absolute Gasteiger partial charge is 0.491 e. The van der Waals surface area contributed by atoms with Crippen molar-refractivity contribution in [2.75, 3.05) is 13.7 Å². The van der Waals surface area contributed by atoms with Gasteiger partial charge in [0.2, 0.25) is 0 Å². The number of imidazole rings is 1. The van der Waals surface area contributed by atoms with E-state index in [0.29, 0.717) is 13.2 Å². The Hall–Kier alpha value is -2.37. The first-order valence-corrected chi connectivity index (χ1v) is 8.39. The van der Waals surface area contributed by atoms with Crippen LogP contribution in [0.1, 0.15) is 17.0 Å². The third kappa shape index (κ3) is 4.00. The number of aromatic nitrogens is 2. The Morgan fingerprint density at radius 1 is 1.16 bits per heavy atom. The third-order valence-corrected chi connectivity index (χ3v) is 4.16. The van der Waals surface area contributed by atoms with E-state index in [1.807, 2.05) is 54.8 Å². The lowest BCUT2D eigenvalue weighted by Crippen LogP contribution is -2.25. The van der Waals surface area contributed by atoms with E-state index in [2.05, 4.69) is 11.1 Å². The van der Waals surface area contributed by atoms with Crippen molar-refractivity contribution in [3.8, 4) is 5.75 Å². The van der Waals surface area contributed by atoms with E-state index < -0.39 is 6.10 Å². The molecule has 1 heterocycles. The molecule has 0 aliphatic carbocycles. The highest BCUT2D eigenvalue weighted by Gasteiger charge is 2.15. The van der Waals surface area contributed by atoms with E-state index in [1.54, 1.807) is 7.11 Å². The number of hydrogen-bond donors (Lipinski definition) is 1. The SMILES string of the molecule is COCc1nc2ccccc2n1CC(O)COc1ccc(C)cc1C. The quantitative estimate of drug-likeness (QED) is 0.717. The molecule has 132 valence electrons. The normalized spacial score (nSPS) is 12.5. The number of hydrogen-bond acceptors (Lipinski definition) is 4. The number of aryl methyl sites for hydroxylation is 2. The lowest BCUT2D eigenvalue weighted by Gasteiger charge is -2.16. The van der Waals surface area contributed by atoms with Crippen LogP contribution in [0, 0.1) is 13.8 Å². The summed E-state index contributed by atoms with van der Waals surface area (Å²) in [6.07, 6.45) is -0.645. The molecular weight excluding hydrogens is 316 g/mol. The van der Waals surface area contributed by atoms with Gasteiger partial charge in [-0.05, 0) is 37.6 Å². The molecule has 1 unspecified atom stereocenters. The lowest BCUT2D eigenvalue weighted by atomic mass is 10.1. The zero-order valence-electron chi connectivity index (χ0n) is 14.9. The minimum Gasteiger partial charge on any atom is -0.491 e. The van der Waals surface area contributed by atoms with E-state index in [1.165, 1.54) is 5.56 Å². The van der Waals surface area contributed by atoms with Crippen molar-refractivity contribution < 1.29 is 14.6 Å². The molecule has 0 aliphatic rings. The predicted molar refractivity (Wildman–Crippen MR) is 97.9 cm³/mol. The molecule has 3 rings (SSSR count). The van der Waals surface area contributed by atoms with Crippen LogP contribution in [0.3, 0.4) is 0 Å². The number of para-hydroxylation sites is 2. The van der Waals surface area contributed by atoms with Crippen LogP contribution < -0.4 is 4.74 Å². The maximum absolute atomic E-state index is 10.5. The smallest absolute Gasteiger partial charge is 0.136 e. The van der Waals surface area contributed by atoms with Crippen molar-refractivity contribution in [3.63, 3.8) is 0 Å². The highest BCUT2D eigenvalue weighted by Crippen LogP contribution is 2.20. The van der Waals surface area contributed by atoms with Crippen LogP contribution in [-0.4, -0.2) is 34.5 Å². The van der Waals surface area contributed by atoms with Gasteiger partial charge in [-0.2, -0.15) is 0 Å². The number of nitrogens with zero attached hydrogens (tertiary/aromatic N) is 2. The van der Waals surface area contributed by atoms with Crippen LogP contribution in [0.25, 0.3) is 11.0 Å². The molecule has 1 atom stereocenters. The molecule has 0 bridgehead atoms. The predicted octanol–water partition coefficient (Wildman–Crippen LogP) is 3.24. The van der Waals surface area contributed by atoms with Crippen molar-refractivity contribution in [2.24, 2.45) is 0 Å². The first kappa shape index (κ1) is 17.5. The second-order valence-electron chi connectivity index (χ2n) is 6.29. The number of aliphatic hydroxyl groups is 1. The summed E-state index contributed by atoms with van der Waals surface area (Å²) in [6.45, 7) is 5.09. The van der Waals surface area contributed by atoms with Crippen LogP contribution in [0.15, 0.2) is 42.5 Å². The molecule has 1 N–H and O–H groups in total. The second kappa shape index (κ2) is 7.68. The summed E-state index contributed by atoms with van der Waals surface area (Å²) < 4.78 is 13.0. The van der Waals surface area contributed by atoms with Crippen molar-refractivity contribution in [1.82, 2.24) is 9.55 Å². The summed E-state index contributed by atoms with van der Waals surface area (Å²) in [6, 6.07) is 13.9. The molecule has 5 nitrogen and oxygen atoms in total. The van der Waals surface area contributed by atoms with E-state index in [4.69, 9.17) is 9.47 Å². The Bertz CT molecular complexity index is 857. The van der Waals surface area contributed by atoms with Gasteiger partial charge < -0.3 is 19.1 Å². The highest BCUT2D eigenvalue weighted by molar-refractivity contribution is 5.75. The summed E-state index contributed by atoms with van der Waals surface area (Å²) in [5, 5.41) is 10.5. The fourth-order valence-corrected chi connectivity index (χ4v) is 2.98. The molecule has 1 aromatic heterocycles. The molecule has 0 radical (unpaired) electrons. The molecule has 0 amide bonds. The molecule has 25 heavy (non-hydrogen) atoms. The number of methoxy groups -OCH3 is 1. The van der Waals surface area contributed by atoms with Crippen LogP contribution >= 0.6 is 0 Å². The number of benzene rings is 2. The fraction of sp³-hybridized carbons (Fsp3) is 0.350. The Kier molecular flexibility index (Phi) is 5.36. The van der Waals surface area contributed by atoms with Crippen molar-refractivity contribution >= 4 is 11.0 Å². The van der Waals surface area contributed by atoms with E-state index >= 15 is 0 Å². The van der Waals surface area contributed by atoms with E-state index in [0.717, 1.165) is 28.2 Å². The van der Waals surface area contributed by atoms with Gasteiger partial charge in [0, 0.05) is 7.11 Å². The first-order valence-electron chi connectivity index (χ1n) is 8.39. The van der Waals surface area contributed by atoms with Crippen LogP contribution in [0.5, 0.6) is 5.75 Å². The fourth-order valence-electron chi connectivity index (χ4n) is 2.98. The standard InChI is InChI=1S/C20H24N2O3/c1-14-8-9-19(15(2)10-14)25-12-16(23)11-22-18-7-5-4-6-17(18)21-20(22)13-24-3/h4-10,16,23H,11-13H2,1-3H3. The van der Waals surface area contributed by atoms with Crippen LogP contribution in [0.4, 0.5) is 0 Å². The molecule has 3 aromatic rings. The lowest BCUT2D eigenvalue weighted by molar-refractivity contribution is 0.0898. The minimum atomic E-state index is -0.645. The van der Waals surface area contributed by atoms with Crippen molar-refractivity contribution in [2.45, 2.75) is 33.1 Å². The molecule has 2 aromatic carbocycles. The van der Waals surface area contributed by atoms with Crippen molar-refractivity contribution in [3.05, 3.63) is 59.4 Å². The Morgan fingerprint density at radius 3 is 2.72 bits per heavy atom. The number of ether oxygens (including phenoxy) is 2. The van der Waals surface area contributed by atoms with E-state index in [-0.39, 0.29) is 6.61 Å². The molecule has 0 saturated heterocycles. The van der Waals surface area contributed by atoms with Gasteiger partial charge in [-0.3, -0.25) is 0 Å². The maximum atomic E-state index is 10.5. The first-order chi connectivity index (χ1) is 12.1. The second-order valence-corrected chi connectivity index (χ2v) is 6.29. The monoisotopic (exact) mass is 340 g/mol. The number of rotatable bonds is 7. The Morgan fingerprint density at radius 2 is 1.96 bits per heavy atom. The summed E-state index contributed by atoms with van der Waals surface area (Å²) >= 11 is 0. The zero-order chi connectivity index (χ0) is 17.8. The van der Waals surface area contributed by atoms with E-state index in [9.17, 15) is 5.11 Å². The molecule has 0 aliphatic heterocycles. The summed E-state index contributed by atoms with van der Waals surface area (Å²) in [7, 11) is 1.64. The van der Waals surface area contributed by atoms with Crippen LogP contribution in [-0.2, 0) is 17.9 Å². The van der Waals surface area contributed by atoms with Gasteiger partial charge in [0.1, 0.15) is 30.9 Å².